The zero-order valence-electron chi connectivity index (χ0n) is 15.0. The van der Waals surface area contributed by atoms with Gasteiger partial charge in [0.1, 0.15) is 0 Å². The van der Waals surface area contributed by atoms with E-state index in [0.29, 0.717) is 6.54 Å². The Morgan fingerprint density at radius 2 is 1.76 bits per heavy atom. The van der Waals surface area contributed by atoms with Gasteiger partial charge in [0.15, 0.2) is 0 Å². The number of likely N-dealkylation sites (tertiary alicyclic amines) is 1. The van der Waals surface area contributed by atoms with Crippen molar-refractivity contribution >= 4 is 17.5 Å². The van der Waals surface area contributed by atoms with Crippen LogP contribution in [0.2, 0.25) is 0 Å². The largest absolute Gasteiger partial charge is 0.335 e. The number of carbonyl (C=O) groups is 2. The lowest BCUT2D eigenvalue weighted by Crippen LogP contribution is -2.30. The average molecular weight is 336 g/mol. The Balaban J connectivity index is 1.68. The molecule has 0 aromatic heterocycles. The van der Waals surface area contributed by atoms with E-state index in [-0.39, 0.29) is 30.2 Å². The van der Waals surface area contributed by atoms with Gasteiger partial charge >= 0.3 is 0 Å². The summed E-state index contributed by atoms with van der Waals surface area (Å²) in [6.45, 7) is 6.49. The topological polar surface area (TPSA) is 49.4 Å². The van der Waals surface area contributed by atoms with Gasteiger partial charge in [-0.15, -0.1) is 0 Å². The van der Waals surface area contributed by atoms with Crippen LogP contribution in [0.1, 0.15) is 36.1 Å². The van der Waals surface area contributed by atoms with E-state index in [4.69, 9.17) is 0 Å². The van der Waals surface area contributed by atoms with Gasteiger partial charge in [0, 0.05) is 18.7 Å². The molecule has 2 atom stereocenters. The quantitative estimate of drug-likeness (QED) is 0.922. The third-order valence-corrected chi connectivity index (χ3v) is 4.77. The Labute approximate surface area is 148 Å². The Kier molecular flexibility index (Phi) is 4.88. The zero-order chi connectivity index (χ0) is 18.0. The number of amides is 2. The summed E-state index contributed by atoms with van der Waals surface area (Å²) < 4.78 is 0. The second-order valence-corrected chi connectivity index (χ2v) is 6.90. The molecule has 25 heavy (non-hydrogen) atoms. The van der Waals surface area contributed by atoms with Crippen molar-refractivity contribution in [2.45, 2.75) is 33.2 Å². The van der Waals surface area contributed by atoms with Crippen molar-refractivity contribution in [3.63, 3.8) is 0 Å². The van der Waals surface area contributed by atoms with E-state index >= 15 is 0 Å². The Morgan fingerprint density at radius 3 is 2.40 bits per heavy atom. The van der Waals surface area contributed by atoms with Crippen LogP contribution in [0.4, 0.5) is 5.69 Å². The molecule has 0 aliphatic carbocycles. The van der Waals surface area contributed by atoms with E-state index in [1.807, 2.05) is 63.2 Å². The second kappa shape index (κ2) is 7.09. The molecule has 2 amide bonds. The molecule has 2 aromatic carbocycles. The smallest absolute Gasteiger partial charge is 0.229 e. The normalized spacial score (nSPS) is 18.3. The summed E-state index contributed by atoms with van der Waals surface area (Å²) in [6.07, 6.45) is 0.272. The van der Waals surface area contributed by atoms with Gasteiger partial charge in [0.2, 0.25) is 11.8 Å². The maximum absolute atomic E-state index is 12.6. The summed E-state index contributed by atoms with van der Waals surface area (Å²) in [5.41, 5.74) is 4.10. The van der Waals surface area contributed by atoms with Gasteiger partial charge < -0.3 is 10.2 Å². The average Bonchev–Trinajstić information content (AvgIpc) is 2.96. The van der Waals surface area contributed by atoms with Crippen LogP contribution in [-0.2, 0) is 9.59 Å². The van der Waals surface area contributed by atoms with Gasteiger partial charge in [0.05, 0.1) is 12.0 Å². The van der Waals surface area contributed by atoms with Crippen molar-refractivity contribution in [3.05, 3.63) is 65.2 Å². The molecule has 1 heterocycles. The number of nitrogens with one attached hydrogen (secondary N) is 1. The maximum atomic E-state index is 12.6. The fourth-order valence-corrected chi connectivity index (χ4v) is 3.48. The minimum absolute atomic E-state index is 0.0206. The molecule has 0 unspecified atom stereocenters. The van der Waals surface area contributed by atoms with Crippen LogP contribution in [0.5, 0.6) is 0 Å². The van der Waals surface area contributed by atoms with E-state index in [1.165, 1.54) is 0 Å². The summed E-state index contributed by atoms with van der Waals surface area (Å²) in [7, 11) is 0. The van der Waals surface area contributed by atoms with Crippen molar-refractivity contribution < 1.29 is 9.59 Å². The van der Waals surface area contributed by atoms with Gasteiger partial charge in [-0.3, -0.25) is 9.59 Å². The molecular formula is C21H24N2O2. The standard InChI is InChI=1S/C21H24N2O2/c1-14-9-15(2)11-19(10-14)22-21(25)18-12-20(24)23(13-18)16(3)17-7-5-4-6-8-17/h4-11,16,18H,12-13H2,1-3H3,(H,22,25)/t16-,18-/m1/s1. The number of anilines is 1. The zero-order valence-corrected chi connectivity index (χ0v) is 15.0. The minimum Gasteiger partial charge on any atom is -0.335 e. The van der Waals surface area contributed by atoms with Gasteiger partial charge in [0.25, 0.3) is 0 Å². The summed E-state index contributed by atoms with van der Waals surface area (Å²) in [5, 5.41) is 2.97. The van der Waals surface area contributed by atoms with E-state index in [2.05, 4.69) is 11.4 Å². The molecule has 2 aromatic rings. The summed E-state index contributed by atoms with van der Waals surface area (Å²) in [4.78, 5) is 26.8. The lowest BCUT2D eigenvalue weighted by molar-refractivity contribution is -0.129. The fraction of sp³-hybridized carbons (Fsp3) is 0.333. The predicted octanol–water partition coefficient (Wildman–Crippen LogP) is 3.85. The van der Waals surface area contributed by atoms with Crippen LogP contribution < -0.4 is 5.32 Å². The van der Waals surface area contributed by atoms with E-state index in [0.717, 1.165) is 22.4 Å². The third-order valence-electron chi connectivity index (χ3n) is 4.77. The van der Waals surface area contributed by atoms with Crippen molar-refractivity contribution in [2.75, 3.05) is 11.9 Å². The minimum atomic E-state index is -0.306. The van der Waals surface area contributed by atoms with Crippen molar-refractivity contribution in [3.8, 4) is 0 Å². The van der Waals surface area contributed by atoms with Crippen molar-refractivity contribution in [2.24, 2.45) is 5.92 Å². The Bertz CT molecular complexity index is 765. The molecule has 130 valence electrons. The number of hydrogen-bond donors (Lipinski definition) is 1. The molecular weight excluding hydrogens is 312 g/mol. The summed E-state index contributed by atoms with van der Waals surface area (Å²) in [5.74, 6) is -0.350. The highest BCUT2D eigenvalue weighted by molar-refractivity contribution is 5.97. The van der Waals surface area contributed by atoms with Crippen LogP contribution in [0.3, 0.4) is 0 Å². The van der Waals surface area contributed by atoms with E-state index < -0.39 is 0 Å². The number of aryl methyl sites for hydroxylation is 2. The molecule has 3 rings (SSSR count). The lowest BCUT2D eigenvalue weighted by atomic mass is 10.1. The highest BCUT2D eigenvalue weighted by Gasteiger charge is 2.37. The molecule has 0 saturated carbocycles. The first kappa shape index (κ1) is 17.2. The molecule has 1 fully saturated rings. The number of carbonyl (C=O) groups excluding carboxylic acids is 2. The first-order valence-corrected chi connectivity index (χ1v) is 8.67. The second-order valence-electron chi connectivity index (χ2n) is 6.90. The monoisotopic (exact) mass is 336 g/mol. The molecule has 0 spiro atoms. The molecule has 1 saturated heterocycles. The molecule has 0 radical (unpaired) electrons. The SMILES string of the molecule is Cc1cc(C)cc(NC(=O)[C@@H]2CC(=O)N([C@H](C)c3ccccc3)C2)c1. The lowest BCUT2D eigenvalue weighted by Gasteiger charge is -2.25. The molecule has 0 bridgehead atoms. The van der Waals surface area contributed by atoms with Crippen molar-refractivity contribution in [1.82, 2.24) is 4.90 Å². The number of benzene rings is 2. The third kappa shape index (κ3) is 3.90. The first-order valence-electron chi connectivity index (χ1n) is 8.67. The van der Waals surface area contributed by atoms with E-state index in [9.17, 15) is 9.59 Å². The molecule has 4 heteroatoms. The van der Waals surface area contributed by atoms with Gasteiger partial charge in [-0.1, -0.05) is 36.4 Å². The van der Waals surface area contributed by atoms with Crippen molar-refractivity contribution in [1.29, 1.82) is 0 Å². The van der Waals surface area contributed by atoms with Crippen LogP contribution in [0, 0.1) is 19.8 Å². The number of nitrogens with zero attached hydrogens (tertiary/aromatic N) is 1. The van der Waals surface area contributed by atoms with Gasteiger partial charge in [-0.25, -0.2) is 0 Å². The van der Waals surface area contributed by atoms with E-state index in [1.54, 1.807) is 4.90 Å². The highest BCUT2D eigenvalue weighted by atomic mass is 16.2. The number of hydrogen-bond acceptors (Lipinski definition) is 2. The summed E-state index contributed by atoms with van der Waals surface area (Å²) in [6, 6.07) is 15.9. The molecule has 1 N–H and O–H groups in total. The maximum Gasteiger partial charge on any atom is 0.229 e. The molecule has 1 aliphatic heterocycles. The summed E-state index contributed by atoms with van der Waals surface area (Å²) >= 11 is 0. The number of rotatable bonds is 4. The molecule has 4 nitrogen and oxygen atoms in total. The van der Waals surface area contributed by atoms with Crippen LogP contribution in [0.25, 0.3) is 0 Å². The fourth-order valence-electron chi connectivity index (χ4n) is 3.48. The van der Waals surface area contributed by atoms with Crippen LogP contribution in [-0.4, -0.2) is 23.3 Å². The van der Waals surface area contributed by atoms with Gasteiger partial charge in [-0.05, 0) is 49.6 Å². The highest BCUT2D eigenvalue weighted by Crippen LogP contribution is 2.29. The Hall–Kier alpha value is -2.62. The molecule has 1 aliphatic rings. The predicted molar refractivity (Wildman–Crippen MR) is 99.2 cm³/mol. The van der Waals surface area contributed by atoms with Crippen LogP contribution in [0.15, 0.2) is 48.5 Å². The van der Waals surface area contributed by atoms with Gasteiger partial charge in [-0.2, -0.15) is 0 Å². The first-order chi connectivity index (χ1) is 11.9. The van der Waals surface area contributed by atoms with Crippen LogP contribution >= 0.6 is 0 Å². The Morgan fingerprint density at radius 1 is 1.12 bits per heavy atom.